The number of halogens is 1. The Hall–Kier alpha value is -1.58. The predicted octanol–water partition coefficient (Wildman–Crippen LogP) is 3.53. The van der Waals surface area contributed by atoms with Gasteiger partial charge < -0.3 is 10.2 Å². The molecule has 0 aliphatic rings. The molecule has 0 fully saturated rings. The van der Waals surface area contributed by atoms with Crippen molar-refractivity contribution in [3.63, 3.8) is 0 Å². The average Bonchev–Trinajstić information content (AvgIpc) is 2.41. The van der Waals surface area contributed by atoms with E-state index in [4.69, 9.17) is 11.6 Å². The summed E-state index contributed by atoms with van der Waals surface area (Å²) in [7, 11) is 3.89. The van der Waals surface area contributed by atoms with Crippen LogP contribution in [0.2, 0.25) is 5.02 Å². The van der Waals surface area contributed by atoms with Gasteiger partial charge in [0, 0.05) is 19.3 Å². The second-order valence-corrected chi connectivity index (χ2v) is 4.93. The molecule has 1 aromatic heterocycles. The number of aryl methyl sites for hydroxylation is 1. The molecule has 3 nitrogen and oxygen atoms in total. The van der Waals surface area contributed by atoms with Crippen molar-refractivity contribution in [2.45, 2.75) is 13.5 Å². The van der Waals surface area contributed by atoms with E-state index in [1.54, 1.807) is 0 Å². The summed E-state index contributed by atoms with van der Waals surface area (Å²) >= 11 is 6.13. The number of anilines is 2. The minimum Gasteiger partial charge on any atom is -0.329 e. The van der Waals surface area contributed by atoms with E-state index in [2.05, 4.69) is 46.4 Å². The molecule has 0 amide bonds. The number of rotatable bonds is 4. The molecule has 0 radical (unpaired) electrons. The van der Waals surface area contributed by atoms with Crippen molar-refractivity contribution < 1.29 is 0 Å². The van der Waals surface area contributed by atoms with E-state index < -0.39 is 0 Å². The van der Waals surface area contributed by atoms with Crippen LogP contribution in [-0.2, 0) is 6.54 Å². The van der Waals surface area contributed by atoms with Crippen LogP contribution in [0.15, 0.2) is 36.4 Å². The number of hydrogen-bond acceptors (Lipinski definition) is 3. The van der Waals surface area contributed by atoms with Gasteiger partial charge in [-0.15, -0.1) is 0 Å². The third-order valence-electron chi connectivity index (χ3n) is 3.01. The minimum atomic E-state index is 0.661. The van der Waals surface area contributed by atoms with Crippen LogP contribution in [0.3, 0.4) is 0 Å². The summed E-state index contributed by atoms with van der Waals surface area (Å²) in [5.74, 6) is 0.888. The fourth-order valence-electron chi connectivity index (χ4n) is 1.85. The van der Waals surface area contributed by atoms with Gasteiger partial charge in [-0.05, 0) is 38.2 Å². The molecule has 0 saturated carbocycles. The Morgan fingerprint density at radius 1 is 1.16 bits per heavy atom. The van der Waals surface area contributed by atoms with E-state index in [9.17, 15) is 0 Å². The predicted molar refractivity (Wildman–Crippen MR) is 81.3 cm³/mol. The van der Waals surface area contributed by atoms with Gasteiger partial charge in [0.05, 0.1) is 10.7 Å². The number of benzene rings is 1. The highest BCUT2D eigenvalue weighted by Gasteiger charge is 2.08. The zero-order chi connectivity index (χ0) is 13.8. The zero-order valence-electron chi connectivity index (χ0n) is 11.4. The first-order valence-corrected chi connectivity index (χ1v) is 6.60. The van der Waals surface area contributed by atoms with Crippen LogP contribution in [0, 0.1) is 6.92 Å². The first-order chi connectivity index (χ1) is 9.11. The molecule has 2 aromatic rings. The Labute approximate surface area is 119 Å². The van der Waals surface area contributed by atoms with Gasteiger partial charge in [0.25, 0.3) is 0 Å². The Morgan fingerprint density at radius 2 is 1.84 bits per heavy atom. The first-order valence-electron chi connectivity index (χ1n) is 6.22. The maximum absolute atomic E-state index is 6.13. The maximum atomic E-state index is 6.13. The zero-order valence-corrected chi connectivity index (χ0v) is 12.2. The molecule has 0 bridgehead atoms. The van der Waals surface area contributed by atoms with Gasteiger partial charge in [-0.1, -0.05) is 29.3 Å². The Bertz CT molecular complexity index is 552. The number of pyridine rings is 1. The lowest BCUT2D eigenvalue weighted by molar-refractivity contribution is 0.790. The van der Waals surface area contributed by atoms with Crippen molar-refractivity contribution >= 4 is 23.1 Å². The molecule has 2 rings (SSSR count). The van der Waals surface area contributed by atoms with Crippen LogP contribution < -0.4 is 10.2 Å². The SMILES string of the molecule is CNCc1nc(N(C)c2ccc(C)cc2)ccc1Cl. The monoisotopic (exact) mass is 275 g/mol. The van der Waals surface area contributed by atoms with Gasteiger partial charge in [0.15, 0.2) is 0 Å². The summed E-state index contributed by atoms with van der Waals surface area (Å²) in [4.78, 5) is 6.64. The van der Waals surface area contributed by atoms with Crippen molar-refractivity contribution in [1.29, 1.82) is 0 Å². The van der Waals surface area contributed by atoms with Crippen molar-refractivity contribution in [3.05, 3.63) is 52.7 Å². The molecule has 0 aliphatic carbocycles. The van der Waals surface area contributed by atoms with Crippen LogP contribution in [-0.4, -0.2) is 19.1 Å². The molecule has 4 heteroatoms. The van der Waals surface area contributed by atoms with Gasteiger partial charge in [0.2, 0.25) is 0 Å². The van der Waals surface area contributed by atoms with Crippen molar-refractivity contribution in [2.24, 2.45) is 0 Å². The normalized spacial score (nSPS) is 10.5. The summed E-state index contributed by atoms with van der Waals surface area (Å²) in [5, 5.41) is 3.76. The van der Waals surface area contributed by atoms with Crippen LogP contribution >= 0.6 is 11.6 Å². The fourth-order valence-corrected chi connectivity index (χ4v) is 2.02. The molecular formula is C15H18ClN3. The highest BCUT2D eigenvalue weighted by molar-refractivity contribution is 6.31. The molecule has 1 N–H and O–H groups in total. The van der Waals surface area contributed by atoms with Crippen LogP contribution in [0.5, 0.6) is 0 Å². The Kier molecular flexibility index (Phi) is 4.40. The summed E-state index contributed by atoms with van der Waals surface area (Å²) in [5.41, 5.74) is 3.22. The molecule has 100 valence electrons. The van der Waals surface area contributed by atoms with Crippen LogP contribution in [0.1, 0.15) is 11.3 Å². The lowest BCUT2D eigenvalue weighted by atomic mass is 10.2. The minimum absolute atomic E-state index is 0.661. The lowest BCUT2D eigenvalue weighted by Gasteiger charge is -2.19. The molecule has 0 aliphatic heterocycles. The standard InChI is InChI=1S/C15H18ClN3/c1-11-4-6-12(7-5-11)19(3)15-9-8-13(16)14(18-15)10-17-2/h4-9,17H,10H2,1-3H3. The van der Waals surface area contributed by atoms with Gasteiger partial charge in [0.1, 0.15) is 5.82 Å². The molecule has 0 spiro atoms. The van der Waals surface area contributed by atoms with Crippen molar-refractivity contribution in [1.82, 2.24) is 10.3 Å². The van der Waals surface area contributed by atoms with Crippen LogP contribution in [0.25, 0.3) is 0 Å². The third-order valence-corrected chi connectivity index (χ3v) is 3.36. The fraction of sp³-hybridized carbons (Fsp3) is 0.267. The van der Waals surface area contributed by atoms with Gasteiger partial charge in [-0.3, -0.25) is 0 Å². The Balaban J connectivity index is 2.30. The molecule has 0 atom stereocenters. The van der Waals surface area contributed by atoms with Crippen molar-refractivity contribution in [3.8, 4) is 0 Å². The number of nitrogens with zero attached hydrogens (tertiary/aromatic N) is 2. The lowest BCUT2D eigenvalue weighted by Crippen LogP contribution is -2.14. The average molecular weight is 276 g/mol. The summed E-state index contributed by atoms with van der Waals surface area (Å²) in [6, 6.07) is 12.2. The van der Waals surface area contributed by atoms with Crippen LogP contribution in [0.4, 0.5) is 11.5 Å². The highest BCUT2D eigenvalue weighted by atomic mass is 35.5. The quantitative estimate of drug-likeness (QED) is 0.925. The largest absolute Gasteiger partial charge is 0.329 e. The van der Waals surface area contributed by atoms with Crippen molar-refractivity contribution in [2.75, 3.05) is 19.0 Å². The second kappa shape index (κ2) is 6.04. The first kappa shape index (κ1) is 13.8. The summed E-state index contributed by atoms with van der Waals surface area (Å²) in [6.45, 7) is 2.74. The Morgan fingerprint density at radius 3 is 2.47 bits per heavy atom. The summed E-state index contributed by atoms with van der Waals surface area (Å²) < 4.78 is 0. The molecular weight excluding hydrogens is 258 g/mol. The molecule has 1 aromatic carbocycles. The summed E-state index contributed by atoms with van der Waals surface area (Å²) in [6.07, 6.45) is 0. The number of aromatic nitrogens is 1. The van der Waals surface area contributed by atoms with E-state index >= 15 is 0 Å². The molecule has 0 unspecified atom stereocenters. The number of nitrogens with one attached hydrogen (secondary N) is 1. The van der Waals surface area contributed by atoms with Gasteiger partial charge in [-0.2, -0.15) is 0 Å². The van der Waals surface area contributed by atoms with E-state index in [-0.39, 0.29) is 0 Å². The smallest absolute Gasteiger partial charge is 0.133 e. The molecule has 19 heavy (non-hydrogen) atoms. The molecule has 0 saturated heterocycles. The number of hydrogen-bond donors (Lipinski definition) is 1. The van der Waals surface area contributed by atoms with E-state index in [1.807, 2.05) is 26.2 Å². The topological polar surface area (TPSA) is 28.2 Å². The maximum Gasteiger partial charge on any atom is 0.133 e. The van der Waals surface area contributed by atoms with E-state index in [1.165, 1.54) is 5.56 Å². The highest BCUT2D eigenvalue weighted by Crippen LogP contribution is 2.24. The van der Waals surface area contributed by atoms with Gasteiger partial charge in [-0.25, -0.2) is 4.98 Å². The second-order valence-electron chi connectivity index (χ2n) is 4.52. The molecule has 1 heterocycles. The van der Waals surface area contributed by atoms with Gasteiger partial charge >= 0.3 is 0 Å². The van der Waals surface area contributed by atoms with E-state index in [0.29, 0.717) is 11.6 Å². The third kappa shape index (κ3) is 3.25. The van der Waals surface area contributed by atoms with E-state index in [0.717, 1.165) is 17.2 Å².